The van der Waals surface area contributed by atoms with E-state index in [2.05, 4.69) is 55.1 Å². The van der Waals surface area contributed by atoms with Crippen LogP contribution < -0.4 is 0 Å². The minimum absolute atomic E-state index is 0.0416. The van der Waals surface area contributed by atoms with Crippen LogP contribution in [0.4, 0.5) is 0 Å². The summed E-state index contributed by atoms with van der Waals surface area (Å²) in [7, 11) is 0. The van der Waals surface area contributed by atoms with Crippen molar-refractivity contribution in [1.29, 1.82) is 0 Å². The number of halogens is 1. The van der Waals surface area contributed by atoms with Gasteiger partial charge in [-0.05, 0) is 36.0 Å². The van der Waals surface area contributed by atoms with Gasteiger partial charge >= 0.3 is 0 Å². The van der Waals surface area contributed by atoms with Crippen LogP contribution in [0.25, 0.3) is 11.3 Å². The van der Waals surface area contributed by atoms with Crippen molar-refractivity contribution in [1.82, 2.24) is 15.0 Å². The second-order valence-corrected chi connectivity index (χ2v) is 10.2. The fourth-order valence-corrected chi connectivity index (χ4v) is 4.54. The van der Waals surface area contributed by atoms with E-state index in [1.807, 2.05) is 23.1 Å². The van der Waals surface area contributed by atoms with Gasteiger partial charge in [-0.3, -0.25) is 9.69 Å². The minimum Gasteiger partial charge on any atom is -0.360 e. The molecular weight excluding hydrogens is 434 g/mol. The molecule has 4 rings (SSSR count). The Morgan fingerprint density at radius 3 is 2.45 bits per heavy atom. The Kier molecular flexibility index (Phi) is 6.91. The lowest BCUT2D eigenvalue weighted by atomic mass is 9.87. The molecule has 0 atom stereocenters. The van der Waals surface area contributed by atoms with E-state index in [0.717, 1.165) is 31.6 Å². The first-order valence-electron chi connectivity index (χ1n) is 11.6. The van der Waals surface area contributed by atoms with E-state index in [1.165, 1.54) is 11.1 Å². The van der Waals surface area contributed by atoms with Crippen LogP contribution in [0.1, 0.15) is 54.4 Å². The van der Waals surface area contributed by atoms with Gasteiger partial charge < -0.3 is 9.42 Å². The van der Waals surface area contributed by atoms with E-state index >= 15 is 0 Å². The average Bonchev–Trinajstić information content (AvgIpc) is 3.00. The third-order valence-corrected chi connectivity index (χ3v) is 6.64. The first-order chi connectivity index (χ1) is 15.7. The Labute approximate surface area is 201 Å². The van der Waals surface area contributed by atoms with Crippen LogP contribution in [-0.4, -0.2) is 47.0 Å². The van der Waals surface area contributed by atoms with Crippen LogP contribution in [0.5, 0.6) is 0 Å². The molecule has 5 nitrogen and oxygen atoms in total. The van der Waals surface area contributed by atoms with E-state index in [0.29, 0.717) is 35.1 Å². The Bertz CT molecular complexity index is 1120. The van der Waals surface area contributed by atoms with Gasteiger partial charge in [-0.1, -0.05) is 80.0 Å². The van der Waals surface area contributed by atoms with Crippen LogP contribution in [0.15, 0.2) is 53.1 Å². The zero-order valence-corrected chi connectivity index (χ0v) is 20.7. The Hall–Kier alpha value is -2.63. The number of aryl methyl sites for hydroxylation is 1. The summed E-state index contributed by atoms with van der Waals surface area (Å²) in [5, 5.41) is 4.72. The molecule has 6 heteroatoms. The van der Waals surface area contributed by atoms with E-state index < -0.39 is 0 Å². The maximum Gasteiger partial charge on any atom is 0.259 e. The lowest BCUT2D eigenvalue weighted by molar-refractivity contribution is 0.0760. The largest absolute Gasteiger partial charge is 0.360 e. The monoisotopic (exact) mass is 465 g/mol. The second kappa shape index (κ2) is 9.70. The molecule has 2 aromatic carbocycles. The molecule has 33 heavy (non-hydrogen) atoms. The van der Waals surface area contributed by atoms with Crippen molar-refractivity contribution < 1.29 is 9.32 Å². The summed E-state index contributed by atoms with van der Waals surface area (Å²) in [5.74, 6) is 0.481. The number of benzene rings is 2. The molecule has 1 saturated heterocycles. The zero-order chi connectivity index (χ0) is 23.6. The number of nitrogens with zero attached hydrogens (tertiary/aromatic N) is 3. The van der Waals surface area contributed by atoms with Crippen molar-refractivity contribution in [2.45, 2.75) is 46.1 Å². The smallest absolute Gasteiger partial charge is 0.259 e. The van der Waals surface area contributed by atoms with Crippen molar-refractivity contribution >= 4 is 17.5 Å². The molecule has 0 radical (unpaired) electrons. The third kappa shape index (κ3) is 5.31. The SMILES string of the molecule is Cc1onc(-c2ccccc2Cl)c1C(=O)N1CCCN(Cc2ccc(C(C)(C)C)cc2)CC1. The summed E-state index contributed by atoms with van der Waals surface area (Å²) in [4.78, 5) is 17.8. The van der Waals surface area contributed by atoms with Crippen molar-refractivity contribution in [3.05, 3.63) is 76.0 Å². The predicted octanol–water partition coefficient (Wildman–Crippen LogP) is 5.95. The fraction of sp³-hybridized carbons (Fsp3) is 0.407. The third-order valence-electron chi connectivity index (χ3n) is 6.31. The highest BCUT2D eigenvalue weighted by atomic mass is 35.5. The maximum atomic E-state index is 13.5. The minimum atomic E-state index is -0.0416. The lowest BCUT2D eigenvalue weighted by Gasteiger charge is -2.23. The van der Waals surface area contributed by atoms with Gasteiger partial charge in [-0.25, -0.2) is 0 Å². The molecule has 1 aliphatic heterocycles. The van der Waals surface area contributed by atoms with E-state index in [1.54, 1.807) is 13.0 Å². The first-order valence-corrected chi connectivity index (χ1v) is 11.9. The summed E-state index contributed by atoms with van der Waals surface area (Å²) in [5.41, 5.74) is 4.55. The van der Waals surface area contributed by atoms with Crippen molar-refractivity contribution in [2.24, 2.45) is 0 Å². The van der Waals surface area contributed by atoms with Crippen LogP contribution in [0.2, 0.25) is 5.02 Å². The first kappa shape index (κ1) is 23.5. The van der Waals surface area contributed by atoms with Gasteiger partial charge in [0.2, 0.25) is 0 Å². The topological polar surface area (TPSA) is 49.6 Å². The van der Waals surface area contributed by atoms with E-state index in [9.17, 15) is 4.79 Å². The van der Waals surface area contributed by atoms with Crippen molar-refractivity contribution in [2.75, 3.05) is 26.2 Å². The molecule has 174 valence electrons. The van der Waals surface area contributed by atoms with Gasteiger partial charge in [0, 0.05) is 38.3 Å². The second-order valence-electron chi connectivity index (χ2n) is 9.81. The summed E-state index contributed by atoms with van der Waals surface area (Å²) in [6, 6.07) is 16.3. The summed E-state index contributed by atoms with van der Waals surface area (Å²) < 4.78 is 5.42. The van der Waals surface area contributed by atoms with Crippen molar-refractivity contribution in [3.8, 4) is 11.3 Å². The van der Waals surface area contributed by atoms with Crippen LogP contribution in [-0.2, 0) is 12.0 Å². The Morgan fingerprint density at radius 2 is 1.76 bits per heavy atom. The maximum absolute atomic E-state index is 13.5. The molecule has 1 aromatic heterocycles. The van der Waals surface area contributed by atoms with Gasteiger partial charge in [-0.15, -0.1) is 0 Å². The molecule has 3 aromatic rings. The predicted molar refractivity (Wildman–Crippen MR) is 133 cm³/mol. The highest BCUT2D eigenvalue weighted by Gasteiger charge is 2.28. The van der Waals surface area contributed by atoms with E-state index in [-0.39, 0.29) is 11.3 Å². The molecule has 1 amide bonds. The summed E-state index contributed by atoms with van der Waals surface area (Å²) in [6.45, 7) is 12.6. The van der Waals surface area contributed by atoms with Gasteiger partial charge in [0.05, 0.1) is 5.02 Å². The number of carbonyl (C=O) groups is 1. The number of aromatic nitrogens is 1. The summed E-state index contributed by atoms with van der Waals surface area (Å²) in [6.07, 6.45) is 0.928. The van der Waals surface area contributed by atoms with Gasteiger partial charge in [-0.2, -0.15) is 0 Å². The molecular formula is C27H32ClN3O2. The molecule has 0 saturated carbocycles. The Morgan fingerprint density at radius 1 is 1.03 bits per heavy atom. The molecule has 0 aliphatic carbocycles. The van der Waals surface area contributed by atoms with Gasteiger partial charge in [0.25, 0.3) is 5.91 Å². The normalized spacial score (nSPS) is 15.5. The molecule has 0 bridgehead atoms. The fourth-order valence-electron chi connectivity index (χ4n) is 4.32. The molecule has 0 N–H and O–H groups in total. The average molecular weight is 466 g/mol. The zero-order valence-electron chi connectivity index (χ0n) is 19.9. The lowest BCUT2D eigenvalue weighted by Crippen LogP contribution is -2.35. The Balaban J connectivity index is 1.45. The van der Waals surface area contributed by atoms with Crippen LogP contribution >= 0.6 is 11.6 Å². The molecule has 1 aliphatic rings. The molecule has 0 unspecified atom stereocenters. The van der Waals surface area contributed by atoms with Gasteiger partial charge in [0.15, 0.2) is 0 Å². The van der Waals surface area contributed by atoms with Crippen molar-refractivity contribution in [3.63, 3.8) is 0 Å². The van der Waals surface area contributed by atoms with Crippen LogP contribution in [0.3, 0.4) is 0 Å². The molecule has 0 spiro atoms. The number of hydrogen-bond acceptors (Lipinski definition) is 4. The number of carbonyl (C=O) groups excluding carboxylic acids is 1. The van der Waals surface area contributed by atoms with Gasteiger partial charge in [0.1, 0.15) is 17.0 Å². The summed E-state index contributed by atoms with van der Waals surface area (Å²) >= 11 is 6.37. The van der Waals surface area contributed by atoms with E-state index in [4.69, 9.17) is 16.1 Å². The standard InChI is InChI=1S/C27H32ClN3O2/c1-19-24(25(29-33-19)22-8-5-6-9-23(22)28)26(32)31-15-7-14-30(16-17-31)18-20-10-12-21(13-11-20)27(2,3)4/h5-6,8-13H,7,14-18H2,1-4H3. The molecule has 1 fully saturated rings. The molecule has 2 heterocycles. The highest BCUT2D eigenvalue weighted by molar-refractivity contribution is 6.33. The number of amides is 1. The van der Waals surface area contributed by atoms with Crippen LogP contribution in [0, 0.1) is 6.92 Å². The number of hydrogen-bond donors (Lipinski definition) is 0. The highest BCUT2D eigenvalue weighted by Crippen LogP contribution is 2.32. The quantitative estimate of drug-likeness (QED) is 0.477. The number of rotatable bonds is 4.